The molecule has 78 valence electrons. The number of hydrogen-bond acceptors (Lipinski definition) is 1. The third-order valence-electron chi connectivity index (χ3n) is 2.01. The van der Waals surface area contributed by atoms with Gasteiger partial charge in [-0.25, -0.2) is 13.2 Å². The topological polar surface area (TPSA) is 12.0 Å². The average Bonchev–Trinajstić information content (AvgIpc) is 2.07. The SMILES string of the molecule is CNC(c1ccccc1F)C(C)(F)F. The van der Waals surface area contributed by atoms with Gasteiger partial charge in [0.05, 0.1) is 6.04 Å². The molecule has 0 aliphatic heterocycles. The highest BCUT2D eigenvalue weighted by atomic mass is 19.3. The number of alkyl halides is 2. The van der Waals surface area contributed by atoms with Crippen LogP contribution in [0.2, 0.25) is 0 Å². The lowest BCUT2D eigenvalue weighted by molar-refractivity contribution is -0.0180. The maximum absolute atomic E-state index is 13.2. The third kappa shape index (κ3) is 2.26. The van der Waals surface area contributed by atoms with E-state index in [-0.39, 0.29) is 5.56 Å². The highest BCUT2D eigenvalue weighted by molar-refractivity contribution is 5.22. The summed E-state index contributed by atoms with van der Waals surface area (Å²) in [5, 5.41) is 2.41. The molecule has 1 rings (SSSR count). The molecule has 1 N–H and O–H groups in total. The molecule has 1 unspecified atom stereocenters. The van der Waals surface area contributed by atoms with Gasteiger partial charge in [-0.15, -0.1) is 0 Å². The Bertz CT molecular complexity index is 306. The van der Waals surface area contributed by atoms with Gasteiger partial charge in [-0.1, -0.05) is 18.2 Å². The monoisotopic (exact) mass is 203 g/mol. The molecule has 1 atom stereocenters. The fourth-order valence-electron chi connectivity index (χ4n) is 1.39. The van der Waals surface area contributed by atoms with Crippen molar-refractivity contribution in [3.8, 4) is 0 Å². The molecule has 0 radical (unpaired) electrons. The van der Waals surface area contributed by atoms with Gasteiger partial charge in [0.2, 0.25) is 0 Å². The van der Waals surface area contributed by atoms with Crippen molar-refractivity contribution in [1.29, 1.82) is 0 Å². The van der Waals surface area contributed by atoms with Gasteiger partial charge in [0, 0.05) is 12.5 Å². The normalized spacial score (nSPS) is 14.1. The number of benzene rings is 1. The molecule has 0 aromatic heterocycles. The van der Waals surface area contributed by atoms with Crippen molar-refractivity contribution in [2.75, 3.05) is 7.05 Å². The molecule has 1 aromatic carbocycles. The van der Waals surface area contributed by atoms with E-state index in [1.54, 1.807) is 0 Å². The molecular formula is C10H12F3N. The van der Waals surface area contributed by atoms with E-state index in [1.165, 1.54) is 31.3 Å². The fourth-order valence-corrected chi connectivity index (χ4v) is 1.39. The summed E-state index contributed by atoms with van der Waals surface area (Å²) >= 11 is 0. The molecule has 0 heterocycles. The zero-order valence-corrected chi connectivity index (χ0v) is 8.02. The minimum Gasteiger partial charge on any atom is -0.308 e. The molecule has 1 aromatic rings. The maximum atomic E-state index is 13.2. The predicted molar refractivity (Wildman–Crippen MR) is 48.8 cm³/mol. The number of rotatable bonds is 3. The summed E-state index contributed by atoms with van der Waals surface area (Å²) in [7, 11) is 1.38. The van der Waals surface area contributed by atoms with Crippen molar-refractivity contribution < 1.29 is 13.2 Å². The van der Waals surface area contributed by atoms with Crippen LogP contribution in [0.4, 0.5) is 13.2 Å². The Labute approximate surface area is 80.9 Å². The van der Waals surface area contributed by atoms with Crippen LogP contribution in [0.5, 0.6) is 0 Å². The minimum atomic E-state index is -2.99. The van der Waals surface area contributed by atoms with Crippen LogP contribution in [0.25, 0.3) is 0 Å². The lowest BCUT2D eigenvalue weighted by Gasteiger charge is -2.23. The number of hydrogen-bond donors (Lipinski definition) is 1. The summed E-state index contributed by atoms with van der Waals surface area (Å²) in [5.41, 5.74) is -0.0116. The Morgan fingerprint density at radius 1 is 1.29 bits per heavy atom. The van der Waals surface area contributed by atoms with Crippen molar-refractivity contribution in [1.82, 2.24) is 5.32 Å². The molecule has 0 fully saturated rings. The Balaban J connectivity index is 3.08. The number of nitrogens with one attached hydrogen (secondary N) is 1. The Morgan fingerprint density at radius 3 is 2.29 bits per heavy atom. The van der Waals surface area contributed by atoms with E-state index >= 15 is 0 Å². The molecule has 0 spiro atoms. The molecule has 4 heteroatoms. The minimum absolute atomic E-state index is 0.0116. The van der Waals surface area contributed by atoms with Crippen LogP contribution in [0.15, 0.2) is 24.3 Å². The Hall–Kier alpha value is -1.03. The summed E-state index contributed by atoms with van der Waals surface area (Å²) < 4.78 is 39.2. The second-order valence-electron chi connectivity index (χ2n) is 3.20. The standard InChI is InChI=1S/C10H12F3N/c1-10(12,13)9(14-2)7-5-3-4-6-8(7)11/h3-6,9,14H,1-2H3. The van der Waals surface area contributed by atoms with E-state index in [2.05, 4.69) is 5.32 Å². The van der Waals surface area contributed by atoms with Crippen LogP contribution in [0, 0.1) is 5.82 Å². The molecule has 0 saturated carbocycles. The zero-order chi connectivity index (χ0) is 10.8. The van der Waals surface area contributed by atoms with Gasteiger partial charge in [0.15, 0.2) is 0 Å². The summed E-state index contributed by atoms with van der Waals surface area (Å²) in [6.45, 7) is 0.764. The van der Waals surface area contributed by atoms with Crippen LogP contribution in [-0.2, 0) is 0 Å². The van der Waals surface area contributed by atoms with E-state index in [0.717, 1.165) is 6.92 Å². The van der Waals surface area contributed by atoms with E-state index in [0.29, 0.717) is 0 Å². The molecule has 0 aliphatic carbocycles. The quantitative estimate of drug-likeness (QED) is 0.796. The summed E-state index contributed by atoms with van der Waals surface area (Å²) in [6.07, 6.45) is 0. The molecule has 0 saturated heterocycles. The predicted octanol–water partition coefficient (Wildman–Crippen LogP) is 2.74. The third-order valence-corrected chi connectivity index (χ3v) is 2.01. The van der Waals surface area contributed by atoms with Crippen molar-refractivity contribution >= 4 is 0 Å². The second kappa shape index (κ2) is 4.00. The Kier molecular flexibility index (Phi) is 3.16. The maximum Gasteiger partial charge on any atom is 0.264 e. The first-order valence-corrected chi connectivity index (χ1v) is 4.26. The van der Waals surface area contributed by atoms with Gasteiger partial charge in [-0.2, -0.15) is 0 Å². The molecule has 0 amide bonds. The molecular weight excluding hydrogens is 191 g/mol. The lowest BCUT2D eigenvalue weighted by Crippen LogP contribution is -2.33. The highest BCUT2D eigenvalue weighted by Gasteiger charge is 2.35. The van der Waals surface area contributed by atoms with Gasteiger partial charge < -0.3 is 5.32 Å². The van der Waals surface area contributed by atoms with Gasteiger partial charge in [-0.3, -0.25) is 0 Å². The van der Waals surface area contributed by atoms with Gasteiger partial charge >= 0.3 is 0 Å². The van der Waals surface area contributed by atoms with E-state index < -0.39 is 17.8 Å². The highest BCUT2D eigenvalue weighted by Crippen LogP contribution is 2.31. The van der Waals surface area contributed by atoms with Crippen LogP contribution in [-0.4, -0.2) is 13.0 Å². The molecule has 14 heavy (non-hydrogen) atoms. The van der Waals surface area contributed by atoms with Crippen LogP contribution in [0.1, 0.15) is 18.5 Å². The smallest absolute Gasteiger partial charge is 0.264 e. The summed E-state index contributed by atoms with van der Waals surface area (Å²) in [4.78, 5) is 0. The molecule has 0 aliphatic rings. The summed E-state index contributed by atoms with van der Waals surface area (Å²) in [6, 6.07) is 4.25. The van der Waals surface area contributed by atoms with E-state index in [1.807, 2.05) is 0 Å². The van der Waals surface area contributed by atoms with Crippen LogP contribution < -0.4 is 5.32 Å². The first kappa shape index (κ1) is 11.0. The van der Waals surface area contributed by atoms with Crippen molar-refractivity contribution in [2.24, 2.45) is 0 Å². The van der Waals surface area contributed by atoms with Gasteiger partial charge in [-0.05, 0) is 13.1 Å². The summed E-state index contributed by atoms with van der Waals surface area (Å²) in [5.74, 6) is -3.61. The zero-order valence-electron chi connectivity index (χ0n) is 8.02. The average molecular weight is 203 g/mol. The van der Waals surface area contributed by atoms with E-state index in [4.69, 9.17) is 0 Å². The second-order valence-corrected chi connectivity index (χ2v) is 3.20. The first-order chi connectivity index (χ1) is 6.46. The van der Waals surface area contributed by atoms with Crippen molar-refractivity contribution in [3.05, 3.63) is 35.6 Å². The fraction of sp³-hybridized carbons (Fsp3) is 0.400. The molecule has 0 bridgehead atoms. The molecule has 1 nitrogen and oxygen atoms in total. The Morgan fingerprint density at radius 2 is 1.86 bits per heavy atom. The van der Waals surface area contributed by atoms with Gasteiger partial charge in [0.1, 0.15) is 5.82 Å². The van der Waals surface area contributed by atoms with Gasteiger partial charge in [0.25, 0.3) is 5.92 Å². The largest absolute Gasteiger partial charge is 0.308 e. The van der Waals surface area contributed by atoms with Crippen molar-refractivity contribution in [3.63, 3.8) is 0 Å². The van der Waals surface area contributed by atoms with Crippen LogP contribution in [0.3, 0.4) is 0 Å². The first-order valence-electron chi connectivity index (χ1n) is 4.26. The van der Waals surface area contributed by atoms with E-state index in [9.17, 15) is 13.2 Å². The number of halogens is 3. The van der Waals surface area contributed by atoms with Crippen LogP contribution >= 0.6 is 0 Å². The lowest BCUT2D eigenvalue weighted by atomic mass is 10.0. The van der Waals surface area contributed by atoms with Crippen molar-refractivity contribution in [2.45, 2.75) is 18.9 Å².